The minimum atomic E-state index is -3.82. The summed E-state index contributed by atoms with van der Waals surface area (Å²) in [4.78, 5) is 21.3. The molecule has 0 bridgehead atoms. The van der Waals surface area contributed by atoms with Crippen LogP contribution in [0.5, 0.6) is 0 Å². The van der Waals surface area contributed by atoms with Gasteiger partial charge in [-0.3, -0.25) is 14.2 Å². The number of sulfonamides is 1. The normalized spacial score (nSPS) is 15.2. The number of aromatic nitrogens is 5. The van der Waals surface area contributed by atoms with Crippen LogP contribution in [0.25, 0.3) is 22.9 Å². The number of nitrogens with one attached hydrogen (secondary N) is 1. The summed E-state index contributed by atoms with van der Waals surface area (Å²) in [5, 5.41) is 7.66. The third kappa shape index (κ3) is 6.45. The summed E-state index contributed by atoms with van der Waals surface area (Å²) in [6.07, 6.45) is 7.30. The molecule has 14 heteroatoms. The molecule has 3 aromatic heterocycles. The predicted octanol–water partition coefficient (Wildman–Crippen LogP) is 3.55. The first-order valence-corrected chi connectivity index (χ1v) is 13.6. The van der Waals surface area contributed by atoms with Gasteiger partial charge in [-0.1, -0.05) is 23.9 Å². The second-order valence-electron chi connectivity index (χ2n) is 8.86. The Balaban J connectivity index is 1.60. The number of hydrogen-bond acceptors (Lipinski definition) is 9. The van der Waals surface area contributed by atoms with E-state index in [4.69, 9.17) is 4.52 Å². The van der Waals surface area contributed by atoms with E-state index in [2.05, 4.69) is 26.8 Å². The maximum absolute atomic E-state index is 14.8. The molecule has 1 N–H and O–H groups in total. The Morgan fingerprint density at radius 3 is 2.69 bits per heavy atom. The number of amides is 1. The molecule has 0 radical (unpaired) electrons. The fourth-order valence-corrected chi connectivity index (χ4v) is 5.52. The van der Waals surface area contributed by atoms with Gasteiger partial charge in [0.25, 0.3) is 0 Å². The molecule has 1 fully saturated rings. The van der Waals surface area contributed by atoms with Crippen LogP contribution >= 0.6 is 0 Å². The van der Waals surface area contributed by atoms with Gasteiger partial charge in [0.1, 0.15) is 23.5 Å². The molecule has 0 unspecified atom stereocenters. The molecule has 0 spiro atoms. The molecule has 1 aliphatic rings. The van der Waals surface area contributed by atoms with Gasteiger partial charge in [0, 0.05) is 31.7 Å². The van der Waals surface area contributed by atoms with Crippen LogP contribution in [0.4, 0.5) is 14.6 Å². The lowest BCUT2D eigenvalue weighted by Gasteiger charge is -2.32. The van der Waals surface area contributed by atoms with E-state index in [0.717, 1.165) is 13.1 Å². The molecule has 0 atom stereocenters. The zero-order chi connectivity index (χ0) is 28.2. The number of hydrogen-bond donors (Lipinski definition) is 1. The highest BCUT2D eigenvalue weighted by atomic mass is 32.2. The largest absolute Gasteiger partial charge is 0.364 e. The smallest absolute Gasteiger partial charge is 0.237 e. The highest BCUT2D eigenvalue weighted by Gasteiger charge is 2.32. The Morgan fingerprint density at radius 1 is 1.31 bits per heavy atom. The van der Waals surface area contributed by atoms with E-state index in [1.54, 1.807) is 36.1 Å². The Morgan fingerprint density at radius 2 is 2.05 bits per heavy atom. The van der Waals surface area contributed by atoms with Crippen LogP contribution in [-0.4, -0.2) is 57.6 Å². The summed E-state index contributed by atoms with van der Waals surface area (Å²) in [6.45, 7) is 7.09. The molecule has 0 aliphatic carbocycles. The number of allylic oxidation sites excluding steroid dienone is 5. The summed E-state index contributed by atoms with van der Waals surface area (Å²) >= 11 is 0. The molecular formula is C25H27F2N7O4S. The van der Waals surface area contributed by atoms with Crippen molar-refractivity contribution in [3.05, 3.63) is 66.6 Å². The average molecular weight is 560 g/mol. The van der Waals surface area contributed by atoms with Gasteiger partial charge in [-0.15, -0.1) is 0 Å². The molecule has 4 rings (SSSR count). The van der Waals surface area contributed by atoms with E-state index in [-0.39, 0.29) is 55.4 Å². The number of piperidine rings is 1. The van der Waals surface area contributed by atoms with Gasteiger partial charge in [-0.05, 0) is 31.9 Å². The highest BCUT2D eigenvalue weighted by Crippen LogP contribution is 2.29. The molecular weight excluding hydrogens is 532 g/mol. The van der Waals surface area contributed by atoms with Gasteiger partial charge in [-0.25, -0.2) is 27.2 Å². The van der Waals surface area contributed by atoms with Crippen molar-refractivity contribution in [1.82, 2.24) is 29.6 Å². The highest BCUT2D eigenvalue weighted by molar-refractivity contribution is 7.90. The topological polar surface area (TPSA) is 136 Å². The Bertz CT molecular complexity index is 1520. The van der Waals surface area contributed by atoms with Crippen molar-refractivity contribution in [3.63, 3.8) is 0 Å². The van der Waals surface area contributed by atoms with E-state index >= 15 is 0 Å². The fourth-order valence-electron chi connectivity index (χ4n) is 4.12. The van der Waals surface area contributed by atoms with Crippen LogP contribution in [0, 0.1) is 5.82 Å². The van der Waals surface area contributed by atoms with Crippen molar-refractivity contribution in [2.75, 3.05) is 18.0 Å². The second-order valence-corrected chi connectivity index (χ2v) is 10.8. The Kier molecular flexibility index (Phi) is 8.33. The van der Waals surface area contributed by atoms with Crippen molar-refractivity contribution < 1.29 is 26.5 Å². The molecule has 1 aliphatic heterocycles. The Hall–Kier alpha value is -4.20. The molecule has 206 valence electrons. The standard InChI is InChI=1S/C25H27F2N7O4S/c1-4-5-6-19(26)16(2)15-34-23(21-9-12-38-31-21)13-22(30-34)24-28-14-20(27)25(29-24)33-10-7-18(8-11-33)39(36,37)32-17(3)35/h4-6,9,12-14,18H,2,7-8,10-11,15H2,1,3H3,(H,32,35)/b5-4-,19-6+. The quantitative estimate of drug-likeness (QED) is 0.390. The van der Waals surface area contributed by atoms with E-state index in [1.807, 2.05) is 4.72 Å². The van der Waals surface area contributed by atoms with Gasteiger partial charge in [-0.2, -0.15) is 5.10 Å². The minimum Gasteiger partial charge on any atom is -0.364 e. The van der Waals surface area contributed by atoms with Crippen molar-refractivity contribution >= 4 is 21.7 Å². The lowest BCUT2D eigenvalue weighted by atomic mass is 10.1. The first-order chi connectivity index (χ1) is 18.6. The fraction of sp³-hybridized carbons (Fsp3) is 0.320. The molecule has 1 saturated heterocycles. The van der Waals surface area contributed by atoms with Gasteiger partial charge in [0.05, 0.1) is 23.7 Å². The van der Waals surface area contributed by atoms with Crippen LogP contribution in [0.1, 0.15) is 26.7 Å². The Labute approximate surface area is 224 Å². The minimum absolute atomic E-state index is 0.00217. The van der Waals surface area contributed by atoms with E-state index in [1.165, 1.54) is 17.0 Å². The number of carbonyl (C=O) groups is 1. The maximum atomic E-state index is 14.8. The van der Waals surface area contributed by atoms with E-state index in [0.29, 0.717) is 11.4 Å². The number of nitrogens with zero attached hydrogens (tertiary/aromatic N) is 6. The molecule has 0 saturated carbocycles. The first kappa shape index (κ1) is 27.8. The zero-order valence-corrected chi connectivity index (χ0v) is 22.2. The van der Waals surface area contributed by atoms with Crippen molar-refractivity contribution in [2.24, 2.45) is 0 Å². The predicted molar refractivity (Wildman–Crippen MR) is 140 cm³/mol. The summed E-state index contributed by atoms with van der Waals surface area (Å²) in [7, 11) is -3.82. The van der Waals surface area contributed by atoms with Gasteiger partial charge < -0.3 is 9.42 Å². The van der Waals surface area contributed by atoms with Crippen molar-refractivity contribution in [1.29, 1.82) is 0 Å². The van der Waals surface area contributed by atoms with Crippen LogP contribution < -0.4 is 9.62 Å². The number of anilines is 1. The second kappa shape index (κ2) is 11.7. The first-order valence-electron chi connectivity index (χ1n) is 12.0. The zero-order valence-electron chi connectivity index (χ0n) is 21.3. The molecule has 11 nitrogen and oxygen atoms in total. The van der Waals surface area contributed by atoms with Crippen LogP contribution in [0.15, 0.2) is 65.3 Å². The van der Waals surface area contributed by atoms with Crippen LogP contribution in [0.2, 0.25) is 0 Å². The third-order valence-corrected chi connectivity index (χ3v) is 7.94. The number of halogens is 2. The summed E-state index contributed by atoms with van der Waals surface area (Å²) in [5.41, 5.74) is 1.37. The monoisotopic (exact) mass is 559 g/mol. The average Bonchev–Trinajstić information content (AvgIpc) is 3.57. The molecule has 4 heterocycles. The lowest BCUT2D eigenvalue weighted by molar-refractivity contribution is -0.117. The summed E-state index contributed by atoms with van der Waals surface area (Å²) in [5.74, 6) is -1.74. The van der Waals surface area contributed by atoms with E-state index in [9.17, 15) is 22.0 Å². The maximum Gasteiger partial charge on any atom is 0.237 e. The molecule has 3 aromatic rings. The SMILES string of the molecule is C=C(Cn1nc(-c2ncc(F)c(N3CCC(S(=O)(=O)NC(C)=O)CC3)n2)cc1-c1ccon1)/C(F)=C\C=C/C. The number of carbonyl (C=O) groups excluding carboxylic acids is 1. The van der Waals surface area contributed by atoms with Gasteiger partial charge >= 0.3 is 0 Å². The van der Waals surface area contributed by atoms with Crippen LogP contribution in [0.3, 0.4) is 0 Å². The molecule has 39 heavy (non-hydrogen) atoms. The van der Waals surface area contributed by atoms with Gasteiger partial charge in [0.15, 0.2) is 17.5 Å². The van der Waals surface area contributed by atoms with Gasteiger partial charge in [0.2, 0.25) is 15.9 Å². The summed E-state index contributed by atoms with van der Waals surface area (Å²) < 4.78 is 62.3. The van der Waals surface area contributed by atoms with E-state index < -0.39 is 32.8 Å². The lowest BCUT2D eigenvalue weighted by Crippen LogP contribution is -2.45. The molecule has 0 aromatic carbocycles. The van der Waals surface area contributed by atoms with Crippen molar-refractivity contribution in [3.8, 4) is 22.9 Å². The van der Waals surface area contributed by atoms with Crippen LogP contribution in [-0.2, 0) is 21.4 Å². The number of rotatable bonds is 9. The molecule has 1 amide bonds. The van der Waals surface area contributed by atoms with Crippen molar-refractivity contribution in [2.45, 2.75) is 38.5 Å². The summed E-state index contributed by atoms with van der Waals surface area (Å²) in [6, 6.07) is 3.24. The third-order valence-electron chi connectivity index (χ3n) is 6.01.